The van der Waals surface area contributed by atoms with Crippen molar-refractivity contribution in [2.75, 3.05) is 6.54 Å². The molecule has 1 fully saturated rings. The molecule has 100 valence electrons. The molecular formula is C15H30N2. The fraction of sp³-hybridized carbons (Fsp3) is 0.933. The van der Waals surface area contributed by atoms with Crippen LogP contribution in [0, 0.1) is 5.92 Å². The monoisotopic (exact) mass is 238 g/mol. The second kappa shape index (κ2) is 9.49. The third-order valence-corrected chi connectivity index (χ3v) is 3.83. The molecule has 0 aliphatic heterocycles. The lowest BCUT2D eigenvalue weighted by molar-refractivity contribution is 0.436. The number of nitrogens with zero attached hydrogens (tertiary/aromatic N) is 1. The molecule has 2 heteroatoms. The molecule has 0 aromatic carbocycles. The van der Waals surface area contributed by atoms with Crippen molar-refractivity contribution in [2.45, 2.75) is 77.6 Å². The van der Waals surface area contributed by atoms with Gasteiger partial charge in [-0.2, -0.15) is 0 Å². The van der Waals surface area contributed by atoms with Gasteiger partial charge in [-0.05, 0) is 19.3 Å². The van der Waals surface area contributed by atoms with E-state index in [2.05, 4.69) is 11.9 Å². The van der Waals surface area contributed by atoms with Crippen LogP contribution in [0.15, 0.2) is 4.99 Å². The lowest BCUT2D eigenvalue weighted by Gasteiger charge is -2.20. The highest BCUT2D eigenvalue weighted by Gasteiger charge is 2.16. The van der Waals surface area contributed by atoms with Gasteiger partial charge >= 0.3 is 0 Å². The van der Waals surface area contributed by atoms with E-state index in [9.17, 15) is 0 Å². The van der Waals surface area contributed by atoms with Gasteiger partial charge in [0.05, 0.1) is 5.84 Å². The molecule has 0 heterocycles. The summed E-state index contributed by atoms with van der Waals surface area (Å²) in [7, 11) is 0. The Morgan fingerprint density at radius 2 is 1.65 bits per heavy atom. The summed E-state index contributed by atoms with van der Waals surface area (Å²) in [6, 6.07) is 0. The van der Waals surface area contributed by atoms with Crippen LogP contribution in [0.4, 0.5) is 0 Å². The van der Waals surface area contributed by atoms with Gasteiger partial charge in [0.15, 0.2) is 0 Å². The van der Waals surface area contributed by atoms with Gasteiger partial charge in [0.1, 0.15) is 0 Å². The molecular weight excluding hydrogens is 208 g/mol. The van der Waals surface area contributed by atoms with Crippen LogP contribution in [0.1, 0.15) is 77.6 Å². The summed E-state index contributed by atoms with van der Waals surface area (Å²) in [6.07, 6.45) is 14.6. The molecule has 1 aliphatic rings. The van der Waals surface area contributed by atoms with Crippen molar-refractivity contribution < 1.29 is 0 Å². The molecule has 1 rings (SSSR count). The summed E-state index contributed by atoms with van der Waals surface area (Å²) < 4.78 is 0. The Labute approximate surface area is 107 Å². The average Bonchev–Trinajstić information content (AvgIpc) is 2.38. The van der Waals surface area contributed by atoms with Gasteiger partial charge in [-0.3, -0.25) is 4.99 Å². The van der Waals surface area contributed by atoms with E-state index in [4.69, 9.17) is 5.73 Å². The molecule has 0 aromatic rings. The zero-order valence-electron chi connectivity index (χ0n) is 11.6. The van der Waals surface area contributed by atoms with Crippen molar-refractivity contribution >= 4 is 5.84 Å². The maximum Gasteiger partial charge on any atom is 0.0968 e. The van der Waals surface area contributed by atoms with E-state index in [0.717, 1.165) is 12.4 Å². The third-order valence-electron chi connectivity index (χ3n) is 3.83. The summed E-state index contributed by atoms with van der Waals surface area (Å²) >= 11 is 0. The van der Waals surface area contributed by atoms with Crippen LogP contribution in [0.25, 0.3) is 0 Å². The Balaban J connectivity index is 2.02. The van der Waals surface area contributed by atoms with Gasteiger partial charge in [0.2, 0.25) is 0 Å². The van der Waals surface area contributed by atoms with Crippen LogP contribution in [0.5, 0.6) is 0 Å². The summed E-state index contributed by atoms with van der Waals surface area (Å²) in [5.41, 5.74) is 6.06. The highest BCUT2D eigenvalue weighted by atomic mass is 14.9. The topological polar surface area (TPSA) is 38.4 Å². The van der Waals surface area contributed by atoms with Crippen molar-refractivity contribution in [2.24, 2.45) is 16.6 Å². The summed E-state index contributed by atoms with van der Waals surface area (Å²) in [6.45, 7) is 3.21. The van der Waals surface area contributed by atoms with Gasteiger partial charge in [-0.25, -0.2) is 0 Å². The molecule has 17 heavy (non-hydrogen) atoms. The minimum absolute atomic E-state index is 0.601. The number of aliphatic imine (C=N–C) groups is 1. The molecule has 0 amide bonds. The van der Waals surface area contributed by atoms with Crippen molar-refractivity contribution in [3.05, 3.63) is 0 Å². The number of hydrogen-bond acceptors (Lipinski definition) is 1. The van der Waals surface area contributed by atoms with Gasteiger partial charge in [-0.15, -0.1) is 0 Å². The van der Waals surface area contributed by atoms with Gasteiger partial charge in [-0.1, -0.05) is 58.3 Å². The van der Waals surface area contributed by atoms with Crippen LogP contribution in [0.3, 0.4) is 0 Å². The molecule has 0 saturated heterocycles. The Kier molecular flexibility index (Phi) is 8.12. The molecule has 0 aromatic heterocycles. The Morgan fingerprint density at radius 1 is 1.00 bits per heavy atom. The van der Waals surface area contributed by atoms with Gasteiger partial charge < -0.3 is 5.73 Å². The number of unbranched alkanes of at least 4 members (excludes halogenated alkanes) is 5. The quantitative estimate of drug-likeness (QED) is 0.382. The summed E-state index contributed by atoms with van der Waals surface area (Å²) in [5.74, 6) is 1.54. The molecule has 2 nitrogen and oxygen atoms in total. The van der Waals surface area contributed by atoms with Gasteiger partial charge in [0, 0.05) is 12.5 Å². The van der Waals surface area contributed by atoms with Crippen LogP contribution in [0.2, 0.25) is 0 Å². The van der Waals surface area contributed by atoms with Crippen LogP contribution in [-0.2, 0) is 0 Å². The minimum Gasteiger partial charge on any atom is -0.387 e. The van der Waals surface area contributed by atoms with Crippen LogP contribution < -0.4 is 5.73 Å². The SMILES string of the molecule is CCCCCCCCN=C(N)C1CCCCC1. The molecule has 0 spiro atoms. The van der Waals surface area contributed by atoms with Crippen molar-refractivity contribution in [3.8, 4) is 0 Å². The first-order chi connectivity index (χ1) is 8.34. The highest BCUT2D eigenvalue weighted by molar-refractivity contribution is 5.82. The number of amidine groups is 1. The van der Waals surface area contributed by atoms with Crippen molar-refractivity contribution in [1.82, 2.24) is 0 Å². The third kappa shape index (κ3) is 6.70. The summed E-state index contributed by atoms with van der Waals surface area (Å²) in [4.78, 5) is 4.56. The molecule has 0 radical (unpaired) electrons. The Hall–Kier alpha value is -0.530. The second-order valence-corrected chi connectivity index (χ2v) is 5.41. The average molecular weight is 238 g/mol. The van der Waals surface area contributed by atoms with E-state index in [1.165, 1.54) is 70.6 Å². The normalized spacial score (nSPS) is 18.5. The summed E-state index contributed by atoms with van der Waals surface area (Å²) in [5, 5.41) is 0. The minimum atomic E-state index is 0.601. The van der Waals surface area contributed by atoms with E-state index in [-0.39, 0.29) is 0 Å². The van der Waals surface area contributed by atoms with E-state index >= 15 is 0 Å². The molecule has 2 N–H and O–H groups in total. The van der Waals surface area contributed by atoms with E-state index in [1.54, 1.807) is 0 Å². The maximum atomic E-state index is 6.06. The van der Waals surface area contributed by atoms with E-state index < -0.39 is 0 Å². The first kappa shape index (κ1) is 14.5. The Morgan fingerprint density at radius 3 is 2.35 bits per heavy atom. The first-order valence-electron chi connectivity index (χ1n) is 7.64. The first-order valence-corrected chi connectivity index (χ1v) is 7.64. The van der Waals surface area contributed by atoms with Gasteiger partial charge in [0.25, 0.3) is 0 Å². The van der Waals surface area contributed by atoms with Crippen LogP contribution in [-0.4, -0.2) is 12.4 Å². The fourth-order valence-electron chi connectivity index (χ4n) is 2.63. The van der Waals surface area contributed by atoms with Crippen molar-refractivity contribution in [1.29, 1.82) is 0 Å². The molecule has 1 saturated carbocycles. The molecule has 0 unspecified atom stereocenters. The smallest absolute Gasteiger partial charge is 0.0968 e. The predicted octanol–water partition coefficient (Wildman–Crippen LogP) is 4.28. The lowest BCUT2D eigenvalue weighted by atomic mass is 9.88. The number of nitrogens with two attached hydrogens (primary N) is 1. The highest BCUT2D eigenvalue weighted by Crippen LogP contribution is 2.23. The Bertz CT molecular complexity index is 205. The fourth-order valence-corrected chi connectivity index (χ4v) is 2.63. The zero-order valence-corrected chi connectivity index (χ0v) is 11.6. The van der Waals surface area contributed by atoms with E-state index in [0.29, 0.717) is 5.92 Å². The second-order valence-electron chi connectivity index (χ2n) is 5.41. The lowest BCUT2D eigenvalue weighted by Crippen LogP contribution is -2.26. The number of hydrogen-bond donors (Lipinski definition) is 1. The maximum absolute atomic E-state index is 6.06. The molecule has 1 aliphatic carbocycles. The molecule has 0 bridgehead atoms. The number of rotatable bonds is 8. The predicted molar refractivity (Wildman–Crippen MR) is 76.4 cm³/mol. The standard InChI is InChI=1S/C15H30N2/c1-2-3-4-5-6-10-13-17-15(16)14-11-8-7-9-12-14/h14H,2-13H2,1H3,(H2,16,17). The van der Waals surface area contributed by atoms with Crippen LogP contribution >= 0.6 is 0 Å². The molecule has 0 atom stereocenters. The zero-order chi connectivity index (χ0) is 12.3. The van der Waals surface area contributed by atoms with Crippen molar-refractivity contribution in [3.63, 3.8) is 0 Å². The largest absolute Gasteiger partial charge is 0.387 e. The van der Waals surface area contributed by atoms with E-state index in [1.807, 2.05) is 0 Å².